The van der Waals surface area contributed by atoms with Gasteiger partial charge < -0.3 is 0 Å². The summed E-state index contributed by atoms with van der Waals surface area (Å²) < 4.78 is 0.659. The highest BCUT2D eigenvalue weighted by molar-refractivity contribution is 7.22. The predicted molar refractivity (Wildman–Crippen MR) is 88.3 cm³/mol. The molecule has 1 aromatic carbocycles. The number of anilines is 1. The summed E-state index contributed by atoms with van der Waals surface area (Å²) >= 11 is 2.74. The molecule has 2 heterocycles. The number of rotatable bonds is 4. The minimum Gasteiger partial charge on any atom is -0.298 e. The summed E-state index contributed by atoms with van der Waals surface area (Å²) in [7, 11) is 0. The van der Waals surface area contributed by atoms with E-state index in [1.165, 1.54) is 40.9 Å². The van der Waals surface area contributed by atoms with Crippen LogP contribution in [0.15, 0.2) is 41.8 Å². The summed E-state index contributed by atoms with van der Waals surface area (Å²) in [6, 6.07) is 8.23. The van der Waals surface area contributed by atoms with Gasteiger partial charge in [0.2, 0.25) is 5.91 Å². The van der Waals surface area contributed by atoms with Gasteiger partial charge in [-0.25, -0.2) is 4.98 Å². The Kier molecular flexibility index (Phi) is 3.94. The maximum absolute atomic E-state index is 11.8. The number of non-ortho nitro benzene ring substituents is 1. The second kappa shape index (κ2) is 6.04. The van der Waals surface area contributed by atoms with Crippen molar-refractivity contribution in [2.75, 3.05) is 5.32 Å². The fourth-order valence-electron chi connectivity index (χ4n) is 1.77. The third-order valence-electron chi connectivity index (χ3n) is 2.76. The van der Waals surface area contributed by atoms with Crippen molar-refractivity contribution in [3.8, 4) is 0 Å². The number of nitro benzene ring substituents is 1. The third kappa shape index (κ3) is 3.18. The standard InChI is InChI=1S/C14H9N3O3S2/c18-13(6-4-10-2-1-7-21-10)16-14-15-11-5-3-9(17(19)20)8-12(11)22-14/h1-8H,(H,15,16,18). The monoisotopic (exact) mass is 331 g/mol. The minimum atomic E-state index is -0.457. The van der Waals surface area contributed by atoms with E-state index in [9.17, 15) is 14.9 Å². The van der Waals surface area contributed by atoms with Gasteiger partial charge in [0, 0.05) is 23.1 Å². The van der Waals surface area contributed by atoms with Gasteiger partial charge in [-0.3, -0.25) is 20.2 Å². The highest BCUT2D eigenvalue weighted by Gasteiger charge is 2.11. The van der Waals surface area contributed by atoms with Gasteiger partial charge in [0.25, 0.3) is 5.69 Å². The topological polar surface area (TPSA) is 85.1 Å². The second-order valence-electron chi connectivity index (χ2n) is 4.27. The van der Waals surface area contributed by atoms with E-state index in [1.54, 1.807) is 12.1 Å². The number of nitrogens with zero attached hydrogens (tertiary/aromatic N) is 2. The second-order valence-corrected chi connectivity index (χ2v) is 6.28. The fraction of sp³-hybridized carbons (Fsp3) is 0. The number of thiophene rings is 1. The normalized spacial score (nSPS) is 11.1. The molecule has 2 aromatic heterocycles. The largest absolute Gasteiger partial charge is 0.298 e. The lowest BCUT2D eigenvalue weighted by molar-refractivity contribution is -0.384. The molecule has 0 unspecified atom stereocenters. The van der Waals surface area contributed by atoms with Gasteiger partial charge in [-0.1, -0.05) is 17.4 Å². The van der Waals surface area contributed by atoms with E-state index in [2.05, 4.69) is 10.3 Å². The molecule has 0 fully saturated rings. The van der Waals surface area contributed by atoms with E-state index in [1.807, 2.05) is 17.5 Å². The molecule has 0 saturated carbocycles. The van der Waals surface area contributed by atoms with Crippen molar-refractivity contribution < 1.29 is 9.72 Å². The van der Waals surface area contributed by atoms with Gasteiger partial charge >= 0.3 is 0 Å². The number of carbonyl (C=O) groups is 1. The number of amides is 1. The lowest BCUT2D eigenvalue weighted by Gasteiger charge is -1.94. The number of hydrogen-bond donors (Lipinski definition) is 1. The van der Waals surface area contributed by atoms with E-state index >= 15 is 0 Å². The molecule has 0 aliphatic carbocycles. The van der Waals surface area contributed by atoms with Crippen molar-refractivity contribution in [1.29, 1.82) is 0 Å². The highest BCUT2D eigenvalue weighted by Crippen LogP contribution is 2.29. The van der Waals surface area contributed by atoms with E-state index in [4.69, 9.17) is 0 Å². The molecule has 3 aromatic rings. The van der Waals surface area contributed by atoms with Crippen LogP contribution in [-0.2, 0) is 4.79 Å². The van der Waals surface area contributed by atoms with E-state index in [0.29, 0.717) is 15.3 Å². The first kappa shape index (κ1) is 14.4. The van der Waals surface area contributed by atoms with Crippen LogP contribution < -0.4 is 5.32 Å². The number of benzene rings is 1. The zero-order valence-electron chi connectivity index (χ0n) is 11.1. The zero-order valence-corrected chi connectivity index (χ0v) is 12.7. The molecule has 0 aliphatic rings. The molecular formula is C14H9N3O3S2. The van der Waals surface area contributed by atoms with Gasteiger partial charge in [0.1, 0.15) is 0 Å². The van der Waals surface area contributed by atoms with Crippen molar-refractivity contribution in [1.82, 2.24) is 4.98 Å². The molecule has 8 heteroatoms. The highest BCUT2D eigenvalue weighted by atomic mass is 32.1. The summed E-state index contributed by atoms with van der Waals surface area (Å²) in [6.45, 7) is 0. The molecule has 0 spiro atoms. The Hall–Kier alpha value is -2.58. The van der Waals surface area contributed by atoms with Crippen LogP contribution in [0.1, 0.15) is 4.88 Å². The maximum Gasteiger partial charge on any atom is 0.270 e. The molecular weight excluding hydrogens is 322 g/mol. The number of thiazole rings is 1. The third-order valence-corrected chi connectivity index (χ3v) is 4.53. The smallest absolute Gasteiger partial charge is 0.270 e. The number of fused-ring (bicyclic) bond motifs is 1. The van der Waals surface area contributed by atoms with Gasteiger partial charge in [-0.2, -0.15) is 0 Å². The Bertz CT molecular complexity index is 869. The molecule has 0 bridgehead atoms. The lowest BCUT2D eigenvalue weighted by Crippen LogP contribution is -2.06. The SMILES string of the molecule is O=C(C=Cc1cccs1)Nc1nc2ccc([N+](=O)[O-])cc2s1. The number of hydrogen-bond acceptors (Lipinski definition) is 6. The van der Waals surface area contributed by atoms with Crippen LogP contribution in [0.3, 0.4) is 0 Å². The number of carbonyl (C=O) groups excluding carboxylic acids is 1. The van der Waals surface area contributed by atoms with Crippen molar-refractivity contribution in [3.05, 3.63) is 56.8 Å². The van der Waals surface area contributed by atoms with Crippen molar-refractivity contribution in [3.63, 3.8) is 0 Å². The maximum atomic E-state index is 11.8. The molecule has 3 rings (SSSR count). The van der Waals surface area contributed by atoms with Crippen LogP contribution in [-0.4, -0.2) is 15.8 Å². The van der Waals surface area contributed by atoms with Gasteiger partial charge in [0.05, 0.1) is 15.1 Å². The molecule has 0 saturated heterocycles. The van der Waals surface area contributed by atoms with E-state index in [0.717, 1.165) is 4.88 Å². The first-order chi connectivity index (χ1) is 10.6. The average molecular weight is 331 g/mol. The first-order valence-corrected chi connectivity index (χ1v) is 7.89. The van der Waals surface area contributed by atoms with Gasteiger partial charge in [-0.05, 0) is 23.6 Å². The molecule has 0 atom stereocenters. The van der Waals surface area contributed by atoms with Crippen molar-refractivity contribution in [2.24, 2.45) is 0 Å². The number of nitro groups is 1. The molecule has 6 nitrogen and oxygen atoms in total. The Morgan fingerprint density at radius 1 is 1.36 bits per heavy atom. The van der Waals surface area contributed by atoms with Crippen LogP contribution in [0.5, 0.6) is 0 Å². The summed E-state index contributed by atoms with van der Waals surface area (Å²) in [5.41, 5.74) is 0.625. The molecule has 110 valence electrons. The quantitative estimate of drug-likeness (QED) is 0.446. The molecule has 22 heavy (non-hydrogen) atoms. The Balaban J connectivity index is 1.76. The van der Waals surface area contributed by atoms with Crippen LogP contribution in [0.2, 0.25) is 0 Å². The van der Waals surface area contributed by atoms with Crippen LogP contribution in [0, 0.1) is 10.1 Å². The number of nitrogens with one attached hydrogen (secondary N) is 1. The number of aromatic nitrogens is 1. The lowest BCUT2D eigenvalue weighted by atomic mass is 10.3. The molecule has 0 aliphatic heterocycles. The Labute approximate surface area is 132 Å². The van der Waals surface area contributed by atoms with Crippen molar-refractivity contribution >= 4 is 55.7 Å². The predicted octanol–water partition coefficient (Wildman–Crippen LogP) is 3.92. The van der Waals surface area contributed by atoms with Gasteiger partial charge in [-0.15, -0.1) is 11.3 Å². The van der Waals surface area contributed by atoms with Crippen LogP contribution in [0.4, 0.5) is 10.8 Å². The summed E-state index contributed by atoms with van der Waals surface area (Å²) in [5.74, 6) is -0.290. The average Bonchev–Trinajstić information content (AvgIpc) is 3.13. The first-order valence-electron chi connectivity index (χ1n) is 6.19. The zero-order chi connectivity index (χ0) is 15.5. The van der Waals surface area contributed by atoms with E-state index < -0.39 is 4.92 Å². The molecule has 1 amide bonds. The Morgan fingerprint density at radius 3 is 2.95 bits per heavy atom. The fourth-order valence-corrected chi connectivity index (χ4v) is 3.29. The van der Waals surface area contributed by atoms with Gasteiger partial charge in [0.15, 0.2) is 5.13 Å². The molecule has 1 N–H and O–H groups in total. The van der Waals surface area contributed by atoms with Crippen LogP contribution in [0.25, 0.3) is 16.3 Å². The van der Waals surface area contributed by atoms with Crippen LogP contribution >= 0.6 is 22.7 Å². The molecule has 0 radical (unpaired) electrons. The summed E-state index contributed by atoms with van der Waals surface area (Å²) in [6.07, 6.45) is 3.15. The van der Waals surface area contributed by atoms with E-state index in [-0.39, 0.29) is 11.6 Å². The summed E-state index contributed by atoms with van der Waals surface area (Å²) in [4.78, 5) is 27.3. The van der Waals surface area contributed by atoms with Crippen molar-refractivity contribution in [2.45, 2.75) is 0 Å². The minimum absolute atomic E-state index is 0.00613. The summed E-state index contributed by atoms with van der Waals surface area (Å²) in [5, 5.41) is 15.7. The Morgan fingerprint density at radius 2 is 2.23 bits per heavy atom.